The summed E-state index contributed by atoms with van der Waals surface area (Å²) in [7, 11) is -4.08. The van der Waals surface area contributed by atoms with Gasteiger partial charge in [0.2, 0.25) is 5.91 Å². The average Bonchev–Trinajstić information content (AvgIpc) is 2.55. The van der Waals surface area contributed by atoms with Gasteiger partial charge in [-0.05, 0) is 37.3 Å². The molecule has 0 unspecified atom stereocenters. The highest BCUT2D eigenvalue weighted by molar-refractivity contribution is 7.92. The third-order valence-corrected chi connectivity index (χ3v) is 7.03. The molecule has 0 saturated heterocycles. The fraction of sp³-hybridized carbons (Fsp3) is 0.611. The molecule has 146 valence electrons. The summed E-state index contributed by atoms with van der Waals surface area (Å²) in [5.41, 5.74) is -1.33. The highest BCUT2D eigenvalue weighted by atomic mass is 32.2. The van der Waals surface area contributed by atoms with Crippen LogP contribution in [0.1, 0.15) is 50.7 Å². The minimum absolute atomic E-state index is 0.0867. The van der Waals surface area contributed by atoms with Gasteiger partial charge in [0.15, 0.2) is 9.84 Å². The number of hydrogen-bond donors (Lipinski definition) is 1. The standard InChI is InChI=1S/C18H24F3NO3S/c1-12-7-3-6-10-16(12)22-17(23)13(2)26(24,25)11-14-8-4-5-9-15(14)18(19,20)21/h4-5,8-9,12-13,16H,3,6-7,10-11H2,1-2H3,(H,22,23)/t12-,13-,16+/m0/s1. The second-order valence-electron chi connectivity index (χ2n) is 6.98. The number of sulfone groups is 1. The van der Waals surface area contributed by atoms with Gasteiger partial charge in [0.25, 0.3) is 0 Å². The summed E-state index contributed by atoms with van der Waals surface area (Å²) in [5.74, 6) is -1.21. The Bertz CT molecular complexity index is 746. The van der Waals surface area contributed by atoms with Crippen LogP contribution in [0, 0.1) is 5.92 Å². The van der Waals surface area contributed by atoms with E-state index in [1.54, 1.807) is 0 Å². The zero-order valence-electron chi connectivity index (χ0n) is 14.8. The number of rotatable bonds is 5. The van der Waals surface area contributed by atoms with Crippen molar-refractivity contribution in [2.45, 2.75) is 62.8 Å². The molecule has 1 aliphatic rings. The molecule has 0 bridgehead atoms. The molecule has 3 atom stereocenters. The van der Waals surface area contributed by atoms with E-state index in [1.807, 2.05) is 6.92 Å². The van der Waals surface area contributed by atoms with E-state index >= 15 is 0 Å². The molecule has 26 heavy (non-hydrogen) atoms. The number of halogens is 3. The van der Waals surface area contributed by atoms with Gasteiger partial charge in [0.1, 0.15) is 5.25 Å². The first-order valence-electron chi connectivity index (χ1n) is 8.69. The Labute approximate surface area is 152 Å². The molecule has 0 aliphatic heterocycles. The molecule has 4 nitrogen and oxygen atoms in total. The smallest absolute Gasteiger partial charge is 0.352 e. The molecule has 8 heteroatoms. The van der Waals surface area contributed by atoms with Crippen molar-refractivity contribution < 1.29 is 26.4 Å². The Morgan fingerprint density at radius 2 is 1.85 bits per heavy atom. The van der Waals surface area contributed by atoms with Crippen LogP contribution < -0.4 is 5.32 Å². The van der Waals surface area contributed by atoms with E-state index in [9.17, 15) is 26.4 Å². The van der Waals surface area contributed by atoms with E-state index in [2.05, 4.69) is 5.32 Å². The van der Waals surface area contributed by atoms with E-state index < -0.39 is 38.5 Å². The molecule has 2 rings (SSSR count). The van der Waals surface area contributed by atoms with Crippen LogP contribution >= 0.6 is 0 Å². The van der Waals surface area contributed by atoms with Crippen molar-refractivity contribution >= 4 is 15.7 Å². The van der Waals surface area contributed by atoms with E-state index in [1.165, 1.54) is 19.1 Å². The van der Waals surface area contributed by atoms with Crippen molar-refractivity contribution in [3.8, 4) is 0 Å². The summed E-state index contributed by atoms with van der Waals surface area (Å²) in [4.78, 5) is 12.4. The van der Waals surface area contributed by atoms with Crippen LogP contribution in [0.3, 0.4) is 0 Å². The predicted octanol–water partition coefficient (Wildman–Crippen LogP) is 3.70. The third kappa shape index (κ3) is 4.99. The van der Waals surface area contributed by atoms with Crippen molar-refractivity contribution in [1.82, 2.24) is 5.32 Å². The highest BCUT2D eigenvalue weighted by Gasteiger charge is 2.36. The average molecular weight is 391 g/mol. The quantitative estimate of drug-likeness (QED) is 0.832. The fourth-order valence-corrected chi connectivity index (χ4v) is 4.59. The van der Waals surface area contributed by atoms with Crippen LogP contribution in [0.5, 0.6) is 0 Å². The minimum Gasteiger partial charge on any atom is -0.352 e. The molecule has 1 amide bonds. The van der Waals surface area contributed by atoms with Gasteiger partial charge in [-0.2, -0.15) is 13.2 Å². The molecular weight excluding hydrogens is 367 g/mol. The summed E-state index contributed by atoms with van der Waals surface area (Å²) < 4.78 is 64.2. The molecule has 1 saturated carbocycles. The van der Waals surface area contributed by atoms with E-state index in [-0.39, 0.29) is 17.5 Å². The molecule has 1 N–H and O–H groups in total. The van der Waals surface area contributed by atoms with E-state index in [0.717, 1.165) is 37.8 Å². The van der Waals surface area contributed by atoms with Crippen molar-refractivity contribution in [3.05, 3.63) is 35.4 Å². The lowest BCUT2D eigenvalue weighted by atomic mass is 9.86. The normalized spacial score (nSPS) is 22.7. The maximum Gasteiger partial charge on any atom is 0.416 e. The van der Waals surface area contributed by atoms with E-state index in [4.69, 9.17) is 0 Å². The molecule has 1 aromatic carbocycles. The molecular formula is C18H24F3NO3S. The van der Waals surface area contributed by atoms with Crippen molar-refractivity contribution in [3.63, 3.8) is 0 Å². The zero-order valence-corrected chi connectivity index (χ0v) is 15.7. The lowest BCUT2D eigenvalue weighted by molar-refractivity contribution is -0.138. The molecule has 1 fully saturated rings. The lowest BCUT2D eigenvalue weighted by Gasteiger charge is -2.30. The zero-order chi connectivity index (χ0) is 19.5. The monoisotopic (exact) mass is 391 g/mol. The number of hydrogen-bond acceptors (Lipinski definition) is 3. The van der Waals surface area contributed by atoms with Crippen LogP contribution in [0.2, 0.25) is 0 Å². The number of carbonyl (C=O) groups excluding carboxylic acids is 1. The van der Waals surface area contributed by atoms with Gasteiger partial charge in [-0.3, -0.25) is 4.79 Å². The van der Waals surface area contributed by atoms with Crippen molar-refractivity contribution in [1.29, 1.82) is 0 Å². The number of carbonyl (C=O) groups is 1. The van der Waals surface area contributed by atoms with Gasteiger partial charge < -0.3 is 5.32 Å². The number of alkyl halides is 3. The summed E-state index contributed by atoms with van der Waals surface area (Å²) in [6.07, 6.45) is -0.845. The maximum absolute atomic E-state index is 13.1. The number of nitrogens with one attached hydrogen (secondary N) is 1. The molecule has 0 spiro atoms. The molecule has 0 heterocycles. The second kappa shape index (κ2) is 7.98. The Morgan fingerprint density at radius 1 is 1.23 bits per heavy atom. The van der Waals surface area contributed by atoms with Crippen LogP contribution in [-0.2, 0) is 26.6 Å². The van der Waals surface area contributed by atoms with Crippen LogP contribution in [-0.4, -0.2) is 25.6 Å². The van der Waals surface area contributed by atoms with Gasteiger partial charge in [0, 0.05) is 6.04 Å². The molecule has 0 aromatic heterocycles. The summed E-state index contributed by atoms with van der Waals surface area (Å²) >= 11 is 0. The van der Waals surface area contributed by atoms with Crippen molar-refractivity contribution in [2.24, 2.45) is 5.92 Å². The number of benzene rings is 1. The highest BCUT2D eigenvalue weighted by Crippen LogP contribution is 2.33. The largest absolute Gasteiger partial charge is 0.416 e. The van der Waals surface area contributed by atoms with Crippen molar-refractivity contribution in [2.75, 3.05) is 0 Å². The fourth-order valence-electron chi connectivity index (χ4n) is 3.26. The first kappa shape index (κ1) is 20.7. The van der Waals surface area contributed by atoms with Gasteiger partial charge in [-0.1, -0.05) is 38.0 Å². The topological polar surface area (TPSA) is 63.2 Å². The Balaban J connectivity index is 2.13. The number of amides is 1. The minimum atomic E-state index is -4.64. The van der Waals surface area contributed by atoms with Crippen LogP contribution in [0.15, 0.2) is 24.3 Å². The summed E-state index contributed by atoms with van der Waals surface area (Å²) in [6.45, 7) is 3.23. The summed E-state index contributed by atoms with van der Waals surface area (Å²) in [6, 6.07) is 4.46. The van der Waals surface area contributed by atoms with E-state index in [0.29, 0.717) is 0 Å². The van der Waals surface area contributed by atoms with Gasteiger partial charge in [-0.25, -0.2) is 8.42 Å². The van der Waals surface area contributed by atoms with Gasteiger partial charge in [0.05, 0.1) is 11.3 Å². The SMILES string of the molecule is C[C@H]1CCCC[C@H]1NC(=O)[C@H](C)S(=O)(=O)Cc1ccccc1C(F)(F)F. The molecule has 1 aliphatic carbocycles. The van der Waals surface area contributed by atoms with Gasteiger partial charge >= 0.3 is 6.18 Å². The maximum atomic E-state index is 13.1. The van der Waals surface area contributed by atoms with Gasteiger partial charge in [-0.15, -0.1) is 0 Å². The predicted molar refractivity (Wildman–Crippen MR) is 93.1 cm³/mol. The molecule has 1 aromatic rings. The summed E-state index contributed by atoms with van der Waals surface area (Å²) in [5, 5.41) is 1.36. The van der Waals surface area contributed by atoms with Crippen LogP contribution in [0.25, 0.3) is 0 Å². The first-order chi connectivity index (χ1) is 12.0. The van der Waals surface area contributed by atoms with Crippen LogP contribution in [0.4, 0.5) is 13.2 Å². The third-order valence-electron chi connectivity index (χ3n) is 5.03. The first-order valence-corrected chi connectivity index (χ1v) is 10.4. The Morgan fingerprint density at radius 3 is 2.46 bits per heavy atom. The lowest BCUT2D eigenvalue weighted by Crippen LogP contribution is -2.47. The molecule has 0 radical (unpaired) electrons. The second-order valence-corrected chi connectivity index (χ2v) is 9.30. The Kier molecular flexibility index (Phi) is 6.37. The Hall–Kier alpha value is -1.57.